The van der Waals surface area contributed by atoms with Crippen LogP contribution in [-0.4, -0.2) is 20.6 Å². The lowest BCUT2D eigenvalue weighted by atomic mass is 10.1. The van der Waals surface area contributed by atoms with Gasteiger partial charge in [0.15, 0.2) is 0 Å². The van der Waals surface area contributed by atoms with Gasteiger partial charge in [0.1, 0.15) is 5.75 Å². The molecular formula is C23H21N3O2S. The monoisotopic (exact) mass is 403 g/mol. The van der Waals surface area contributed by atoms with Crippen molar-refractivity contribution in [1.82, 2.24) is 4.98 Å². The number of nitrogens with one attached hydrogen (secondary N) is 1. The Balaban J connectivity index is 1.80. The Labute approximate surface area is 170 Å². The molecule has 0 saturated heterocycles. The number of hydrogen-bond donors (Lipinski definition) is 2. The van der Waals surface area contributed by atoms with E-state index in [9.17, 15) is 9.32 Å². The number of nitrogens with zero attached hydrogens (tertiary/aromatic N) is 2. The van der Waals surface area contributed by atoms with Gasteiger partial charge in [-0.25, -0.2) is 4.21 Å². The zero-order chi connectivity index (χ0) is 20.4. The Bertz CT molecular complexity index is 1310. The average Bonchev–Trinajstić information content (AvgIpc) is 2.71. The molecule has 0 unspecified atom stereocenters. The zero-order valence-electron chi connectivity index (χ0n) is 16.2. The summed E-state index contributed by atoms with van der Waals surface area (Å²) in [5, 5.41) is 14.0. The highest BCUT2D eigenvalue weighted by Crippen LogP contribution is 2.31. The number of phenols is 1. The number of benzene rings is 3. The fourth-order valence-corrected chi connectivity index (χ4v) is 4.40. The van der Waals surface area contributed by atoms with Gasteiger partial charge in [0, 0.05) is 40.2 Å². The maximum atomic E-state index is 13.1. The number of aryl methyl sites for hydroxylation is 1. The van der Waals surface area contributed by atoms with Crippen molar-refractivity contribution in [3.05, 3.63) is 84.6 Å². The van der Waals surface area contributed by atoms with Crippen LogP contribution in [0, 0.1) is 6.92 Å². The molecule has 0 radical (unpaired) electrons. The standard InChI is InChI=1S/C23H21N3O2S/c1-16-8-10-18(27)15-23(16)25-22-12-13-24-21-11-9-17(14-20(21)22)26-29(2,28)19-6-4-3-5-7-19/h3-15,27H,1-2H3,(H,24,25)/t29-/m1/s1. The highest BCUT2D eigenvalue weighted by Gasteiger charge is 2.09. The Morgan fingerprint density at radius 2 is 1.76 bits per heavy atom. The van der Waals surface area contributed by atoms with E-state index in [2.05, 4.69) is 14.7 Å². The molecule has 0 saturated carbocycles. The lowest BCUT2D eigenvalue weighted by Crippen LogP contribution is -1.97. The van der Waals surface area contributed by atoms with Crippen LogP contribution >= 0.6 is 0 Å². The van der Waals surface area contributed by atoms with Gasteiger partial charge in [0.2, 0.25) is 0 Å². The molecule has 3 aromatic carbocycles. The third-order valence-corrected chi connectivity index (χ3v) is 6.38. The molecule has 146 valence electrons. The summed E-state index contributed by atoms with van der Waals surface area (Å²) >= 11 is 0. The number of hydrogen-bond acceptors (Lipinski definition) is 5. The summed E-state index contributed by atoms with van der Waals surface area (Å²) in [4.78, 5) is 5.11. The number of fused-ring (bicyclic) bond motifs is 1. The molecule has 0 bridgehead atoms. The van der Waals surface area contributed by atoms with E-state index in [0.717, 1.165) is 27.8 Å². The normalized spacial score (nSPS) is 13.0. The van der Waals surface area contributed by atoms with Crippen LogP contribution in [0.4, 0.5) is 17.1 Å². The smallest absolute Gasteiger partial charge is 0.117 e. The Morgan fingerprint density at radius 3 is 2.55 bits per heavy atom. The first-order chi connectivity index (χ1) is 13.9. The summed E-state index contributed by atoms with van der Waals surface area (Å²) in [6.45, 7) is 1.97. The van der Waals surface area contributed by atoms with Crippen molar-refractivity contribution in [3.63, 3.8) is 0 Å². The number of aromatic nitrogens is 1. The molecule has 5 nitrogen and oxygen atoms in total. The van der Waals surface area contributed by atoms with Gasteiger partial charge in [-0.1, -0.05) is 24.3 Å². The molecule has 0 amide bonds. The summed E-state index contributed by atoms with van der Waals surface area (Å²) in [5.74, 6) is 0.195. The predicted octanol–water partition coefficient (Wildman–Crippen LogP) is 5.78. The fraction of sp³-hybridized carbons (Fsp3) is 0.0870. The van der Waals surface area contributed by atoms with Crippen molar-refractivity contribution in [3.8, 4) is 5.75 Å². The lowest BCUT2D eigenvalue weighted by Gasteiger charge is -2.13. The predicted molar refractivity (Wildman–Crippen MR) is 119 cm³/mol. The van der Waals surface area contributed by atoms with E-state index in [4.69, 9.17) is 0 Å². The molecule has 1 aromatic heterocycles. The number of rotatable bonds is 4. The van der Waals surface area contributed by atoms with Crippen molar-refractivity contribution >= 4 is 37.7 Å². The molecule has 1 atom stereocenters. The SMILES string of the molecule is Cc1ccc(O)cc1Nc1ccnc2ccc(N=[S@](C)(=O)c3ccccc3)cc12. The third kappa shape index (κ3) is 4.07. The number of phenolic OH excluding ortho intramolecular Hbond substituents is 1. The van der Waals surface area contributed by atoms with Gasteiger partial charge in [-0.15, -0.1) is 0 Å². The number of aromatic hydroxyl groups is 1. The summed E-state index contributed by atoms with van der Waals surface area (Å²) in [5.41, 5.74) is 4.08. The van der Waals surface area contributed by atoms with Crippen LogP contribution in [0.15, 0.2) is 88.3 Å². The van der Waals surface area contributed by atoms with Crippen LogP contribution < -0.4 is 5.32 Å². The van der Waals surface area contributed by atoms with E-state index < -0.39 is 9.73 Å². The van der Waals surface area contributed by atoms with E-state index in [0.29, 0.717) is 10.6 Å². The first kappa shape index (κ1) is 19.0. The van der Waals surface area contributed by atoms with Crippen molar-refractivity contribution in [2.24, 2.45) is 4.36 Å². The molecule has 2 N–H and O–H groups in total. The largest absolute Gasteiger partial charge is 0.508 e. The lowest BCUT2D eigenvalue weighted by molar-refractivity contribution is 0.475. The molecule has 0 fully saturated rings. The zero-order valence-corrected chi connectivity index (χ0v) is 17.0. The molecular weight excluding hydrogens is 382 g/mol. The Kier molecular flexibility index (Phi) is 4.94. The van der Waals surface area contributed by atoms with Crippen LogP contribution in [0.3, 0.4) is 0 Å². The summed E-state index contributed by atoms with van der Waals surface area (Å²) in [7, 11) is -2.56. The first-order valence-electron chi connectivity index (χ1n) is 9.15. The summed E-state index contributed by atoms with van der Waals surface area (Å²) in [6.07, 6.45) is 3.37. The second-order valence-electron chi connectivity index (χ2n) is 6.89. The number of anilines is 2. The number of pyridine rings is 1. The van der Waals surface area contributed by atoms with E-state index in [-0.39, 0.29) is 5.75 Å². The van der Waals surface area contributed by atoms with Gasteiger partial charge < -0.3 is 10.4 Å². The van der Waals surface area contributed by atoms with Gasteiger partial charge in [-0.05, 0) is 55.0 Å². The van der Waals surface area contributed by atoms with E-state index in [1.54, 1.807) is 24.6 Å². The molecule has 4 rings (SSSR count). The molecule has 0 spiro atoms. The average molecular weight is 404 g/mol. The van der Waals surface area contributed by atoms with E-state index in [1.807, 2.05) is 67.6 Å². The quantitative estimate of drug-likeness (QED) is 0.453. The van der Waals surface area contributed by atoms with E-state index >= 15 is 0 Å². The van der Waals surface area contributed by atoms with Gasteiger partial charge >= 0.3 is 0 Å². The highest BCUT2D eigenvalue weighted by molar-refractivity contribution is 7.93. The van der Waals surface area contributed by atoms with Crippen LogP contribution in [0.25, 0.3) is 10.9 Å². The van der Waals surface area contributed by atoms with Crippen molar-refractivity contribution in [2.75, 3.05) is 11.6 Å². The minimum Gasteiger partial charge on any atom is -0.508 e. The second-order valence-corrected chi connectivity index (χ2v) is 9.15. The molecule has 6 heteroatoms. The van der Waals surface area contributed by atoms with Crippen LogP contribution in [0.1, 0.15) is 5.56 Å². The summed E-state index contributed by atoms with van der Waals surface area (Å²) < 4.78 is 17.6. The van der Waals surface area contributed by atoms with E-state index in [1.165, 1.54) is 0 Å². The minimum atomic E-state index is -2.56. The molecule has 0 aliphatic rings. The molecule has 29 heavy (non-hydrogen) atoms. The molecule has 0 aliphatic heterocycles. The van der Waals surface area contributed by atoms with Gasteiger partial charge in [-0.3, -0.25) is 4.98 Å². The van der Waals surface area contributed by atoms with Crippen LogP contribution in [0.5, 0.6) is 5.75 Å². The Morgan fingerprint density at radius 1 is 0.966 bits per heavy atom. The second kappa shape index (κ2) is 7.56. The van der Waals surface area contributed by atoms with Crippen molar-refractivity contribution < 1.29 is 9.32 Å². The van der Waals surface area contributed by atoms with Crippen molar-refractivity contribution in [2.45, 2.75) is 11.8 Å². The van der Waals surface area contributed by atoms with Gasteiger partial charge in [0.05, 0.1) is 20.9 Å². The minimum absolute atomic E-state index is 0.195. The first-order valence-corrected chi connectivity index (χ1v) is 11.1. The van der Waals surface area contributed by atoms with Crippen LogP contribution in [-0.2, 0) is 9.73 Å². The fourth-order valence-electron chi connectivity index (χ4n) is 3.12. The summed E-state index contributed by atoms with van der Waals surface area (Å²) in [6, 6.07) is 21.9. The Hall–Kier alpha value is -3.38. The van der Waals surface area contributed by atoms with Crippen LogP contribution in [0.2, 0.25) is 0 Å². The molecule has 1 heterocycles. The van der Waals surface area contributed by atoms with Gasteiger partial charge in [0.25, 0.3) is 0 Å². The maximum Gasteiger partial charge on any atom is 0.117 e. The highest BCUT2D eigenvalue weighted by atomic mass is 32.2. The molecule has 0 aliphatic carbocycles. The topological polar surface area (TPSA) is 74.6 Å². The van der Waals surface area contributed by atoms with Gasteiger partial charge in [-0.2, -0.15) is 4.36 Å². The third-order valence-electron chi connectivity index (χ3n) is 4.68. The van der Waals surface area contributed by atoms with Crippen molar-refractivity contribution in [1.29, 1.82) is 0 Å². The maximum absolute atomic E-state index is 13.1. The molecule has 4 aromatic rings.